The molecule has 1 amide bonds. The molecule has 172 valence electrons. The maximum absolute atomic E-state index is 13.1. The van der Waals surface area contributed by atoms with Crippen LogP contribution in [0.5, 0.6) is 0 Å². The lowest BCUT2D eigenvalue weighted by Gasteiger charge is -2.31. The number of piperidine rings is 1. The lowest BCUT2D eigenvalue weighted by Crippen LogP contribution is -2.37. The van der Waals surface area contributed by atoms with Gasteiger partial charge in [-0.2, -0.15) is 0 Å². The molecule has 0 bridgehead atoms. The SMILES string of the molecule is CC1CCN(c2nnc(SCC(=O)N3CCCc4ccccc43)n2C[C@@H]2CCCO2)CC1. The van der Waals surface area contributed by atoms with E-state index in [0.717, 1.165) is 81.2 Å². The fourth-order valence-corrected chi connectivity index (χ4v) is 5.80. The van der Waals surface area contributed by atoms with Crippen LogP contribution >= 0.6 is 11.8 Å². The van der Waals surface area contributed by atoms with E-state index in [4.69, 9.17) is 4.74 Å². The van der Waals surface area contributed by atoms with Crippen molar-refractivity contribution in [1.29, 1.82) is 0 Å². The lowest BCUT2D eigenvalue weighted by molar-refractivity contribution is -0.116. The zero-order valence-electron chi connectivity index (χ0n) is 18.9. The number of carbonyl (C=O) groups is 1. The molecule has 2 fully saturated rings. The van der Waals surface area contributed by atoms with E-state index in [9.17, 15) is 4.79 Å². The molecule has 7 nitrogen and oxygen atoms in total. The number of anilines is 2. The van der Waals surface area contributed by atoms with Crippen LogP contribution in [0.2, 0.25) is 0 Å². The summed E-state index contributed by atoms with van der Waals surface area (Å²) < 4.78 is 8.12. The Morgan fingerprint density at radius 1 is 1.12 bits per heavy atom. The second kappa shape index (κ2) is 9.83. The summed E-state index contributed by atoms with van der Waals surface area (Å²) in [5.74, 6) is 2.21. The summed E-state index contributed by atoms with van der Waals surface area (Å²) in [5, 5.41) is 9.92. The largest absolute Gasteiger partial charge is 0.376 e. The summed E-state index contributed by atoms with van der Waals surface area (Å²) in [4.78, 5) is 17.4. The second-order valence-corrected chi connectivity index (χ2v) is 10.2. The molecule has 2 saturated heterocycles. The fraction of sp³-hybridized carbons (Fsp3) is 0.625. The first-order valence-corrected chi connectivity index (χ1v) is 13.0. The third-order valence-electron chi connectivity index (χ3n) is 6.91. The molecule has 1 aromatic carbocycles. The van der Waals surface area contributed by atoms with Crippen LogP contribution in [0.25, 0.3) is 0 Å². The van der Waals surface area contributed by atoms with E-state index < -0.39 is 0 Å². The molecule has 3 aliphatic rings. The zero-order chi connectivity index (χ0) is 21.9. The maximum Gasteiger partial charge on any atom is 0.237 e. The molecule has 1 aromatic heterocycles. The van der Waals surface area contributed by atoms with Gasteiger partial charge in [-0.05, 0) is 56.1 Å². The first-order valence-electron chi connectivity index (χ1n) is 12.0. The minimum Gasteiger partial charge on any atom is -0.376 e. The summed E-state index contributed by atoms with van der Waals surface area (Å²) in [7, 11) is 0. The van der Waals surface area contributed by atoms with Gasteiger partial charge in [0.2, 0.25) is 11.9 Å². The van der Waals surface area contributed by atoms with Crippen molar-refractivity contribution in [3.8, 4) is 0 Å². The van der Waals surface area contributed by atoms with Crippen LogP contribution in [-0.4, -0.2) is 58.8 Å². The van der Waals surface area contributed by atoms with Gasteiger partial charge in [0, 0.05) is 31.9 Å². The van der Waals surface area contributed by atoms with Gasteiger partial charge in [0.15, 0.2) is 5.16 Å². The van der Waals surface area contributed by atoms with Gasteiger partial charge >= 0.3 is 0 Å². The number of hydrogen-bond donors (Lipinski definition) is 0. The third kappa shape index (κ3) is 4.66. The number of fused-ring (bicyclic) bond motifs is 1. The van der Waals surface area contributed by atoms with Crippen molar-refractivity contribution < 1.29 is 9.53 Å². The molecule has 0 spiro atoms. The summed E-state index contributed by atoms with van der Waals surface area (Å²) in [6.45, 7) is 6.73. The number of ether oxygens (including phenoxy) is 1. The number of thioether (sulfide) groups is 1. The minimum absolute atomic E-state index is 0.141. The van der Waals surface area contributed by atoms with Crippen LogP contribution in [-0.2, 0) is 22.5 Å². The summed E-state index contributed by atoms with van der Waals surface area (Å²) >= 11 is 1.51. The molecule has 0 saturated carbocycles. The van der Waals surface area contributed by atoms with E-state index >= 15 is 0 Å². The molecular weight excluding hydrogens is 422 g/mol. The molecule has 5 rings (SSSR count). The van der Waals surface area contributed by atoms with Crippen molar-refractivity contribution >= 4 is 29.3 Å². The topological polar surface area (TPSA) is 63.5 Å². The van der Waals surface area contributed by atoms with Gasteiger partial charge < -0.3 is 14.5 Å². The van der Waals surface area contributed by atoms with Crippen molar-refractivity contribution in [3.63, 3.8) is 0 Å². The monoisotopic (exact) mass is 455 g/mol. The fourth-order valence-electron chi connectivity index (χ4n) is 4.98. The molecule has 8 heteroatoms. The molecule has 0 radical (unpaired) electrons. The zero-order valence-corrected chi connectivity index (χ0v) is 19.7. The lowest BCUT2D eigenvalue weighted by atomic mass is 10.00. The van der Waals surface area contributed by atoms with Crippen LogP contribution in [0.4, 0.5) is 11.6 Å². The van der Waals surface area contributed by atoms with E-state index in [0.29, 0.717) is 5.75 Å². The van der Waals surface area contributed by atoms with Crippen LogP contribution < -0.4 is 9.80 Å². The van der Waals surface area contributed by atoms with E-state index in [2.05, 4.69) is 44.8 Å². The summed E-state index contributed by atoms with van der Waals surface area (Å²) in [6.07, 6.45) is 6.81. The predicted molar refractivity (Wildman–Crippen MR) is 127 cm³/mol. The highest BCUT2D eigenvalue weighted by atomic mass is 32.2. The van der Waals surface area contributed by atoms with Crippen molar-refractivity contribution in [1.82, 2.24) is 14.8 Å². The molecule has 1 atom stereocenters. The highest BCUT2D eigenvalue weighted by Crippen LogP contribution is 2.30. The Hall–Kier alpha value is -2.06. The predicted octanol–water partition coefficient (Wildman–Crippen LogP) is 3.76. The van der Waals surface area contributed by atoms with Crippen LogP contribution in [0.15, 0.2) is 29.4 Å². The molecule has 0 unspecified atom stereocenters. The Labute approximate surface area is 194 Å². The summed E-state index contributed by atoms with van der Waals surface area (Å²) in [6, 6.07) is 8.26. The number of amides is 1. The number of aryl methyl sites for hydroxylation is 1. The number of nitrogens with zero attached hydrogens (tertiary/aromatic N) is 5. The number of para-hydroxylation sites is 1. The first kappa shape index (κ1) is 21.8. The molecule has 2 aromatic rings. The van der Waals surface area contributed by atoms with Gasteiger partial charge in [-0.3, -0.25) is 9.36 Å². The highest BCUT2D eigenvalue weighted by Gasteiger charge is 2.27. The molecule has 32 heavy (non-hydrogen) atoms. The van der Waals surface area contributed by atoms with Gasteiger partial charge in [-0.25, -0.2) is 0 Å². The Balaban J connectivity index is 1.31. The van der Waals surface area contributed by atoms with Gasteiger partial charge in [0.1, 0.15) is 0 Å². The smallest absolute Gasteiger partial charge is 0.237 e. The number of benzene rings is 1. The van der Waals surface area contributed by atoms with Crippen molar-refractivity contribution in [2.45, 2.75) is 63.3 Å². The van der Waals surface area contributed by atoms with Crippen molar-refractivity contribution in [2.24, 2.45) is 5.92 Å². The number of aromatic nitrogens is 3. The van der Waals surface area contributed by atoms with Gasteiger partial charge in [-0.15, -0.1) is 10.2 Å². The standard InChI is InChI=1S/C24H33N5O2S/c1-18-10-13-27(14-11-18)23-25-26-24(29(23)16-20-8-5-15-31-20)32-17-22(30)28-12-4-7-19-6-2-3-9-21(19)28/h2-3,6,9,18,20H,4-5,7-8,10-17H2,1H3/t20-/m0/s1. The van der Waals surface area contributed by atoms with Crippen LogP contribution in [0.3, 0.4) is 0 Å². The maximum atomic E-state index is 13.1. The highest BCUT2D eigenvalue weighted by molar-refractivity contribution is 7.99. The average molecular weight is 456 g/mol. The van der Waals surface area contributed by atoms with Gasteiger partial charge in [0.05, 0.1) is 18.4 Å². The average Bonchev–Trinajstić information content (AvgIpc) is 3.48. The van der Waals surface area contributed by atoms with Crippen molar-refractivity contribution in [2.75, 3.05) is 41.8 Å². The van der Waals surface area contributed by atoms with Gasteiger partial charge in [0.25, 0.3) is 0 Å². The quantitative estimate of drug-likeness (QED) is 0.618. The molecule has 0 N–H and O–H groups in total. The van der Waals surface area contributed by atoms with E-state index in [1.165, 1.54) is 30.2 Å². The Kier molecular flexibility index (Phi) is 6.69. The molecule has 0 aliphatic carbocycles. The third-order valence-corrected chi connectivity index (χ3v) is 7.86. The number of hydrogen-bond acceptors (Lipinski definition) is 6. The molecule has 3 aliphatic heterocycles. The second-order valence-electron chi connectivity index (χ2n) is 9.26. The van der Waals surface area contributed by atoms with E-state index in [1.54, 1.807) is 0 Å². The summed E-state index contributed by atoms with van der Waals surface area (Å²) in [5.41, 5.74) is 2.33. The number of rotatable bonds is 6. The van der Waals surface area contributed by atoms with Crippen LogP contribution in [0.1, 0.15) is 44.6 Å². The Bertz CT molecular complexity index is 934. The number of carbonyl (C=O) groups excluding carboxylic acids is 1. The van der Waals surface area contributed by atoms with Crippen molar-refractivity contribution in [3.05, 3.63) is 29.8 Å². The molecule has 4 heterocycles. The first-order chi connectivity index (χ1) is 15.7. The van der Waals surface area contributed by atoms with Gasteiger partial charge in [-0.1, -0.05) is 36.9 Å². The Morgan fingerprint density at radius 3 is 2.78 bits per heavy atom. The minimum atomic E-state index is 0.141. The molecular formula is C24H33N5O2S. The van der Waals surface area contributed by atoms with E-state index in [-0.39, 0.29) is 12.0 Å². The Morgan fingerprint density at radius 2 is 1.97 bits per heavy atom. The van der Waals surface area contributed by atoms with Crippen LogP contribution in [0, 0.1) is 5.92 Å². The van der Waals surface area contributed by atoms with E-state index in [1.807, 2.05) is 11.0 Å². The normalized spacial score (nSPS) is 21.7.